The van der Waals surface area contributed by atoms with Crippen molar-refractivity contribution in [3.05, 3.63) is 29.8 Å². The summed E-state index contributed by atoms with van der Waals surface area (Å²) in [4.78, 5) is 0. The first-order valence-electron chi connectivity index (χ1n) is 9.80. The summed E-state index contributed by atoms with van der Waals surface area (Å²) in [5.41, 5.74) is -3.10. The summed E-state index contributed by atoms with van der Waals surface area (Å²) >= 11 is 0. The lowest BCUT2D eigenvalue weighted by Gasteiger charge is -2.42. The summed E-state index contributed by atoms with van der Waals surface area (Å²) in [5.74, 6) is -37.5. The number of rotatable bonds is 12. The van der Waals surface area contributed by atoms with Crippen molar-refractivity contribution in [3.63, 3.8) is 0 Å². The van der Waals surface area contributed by atoms with E-state index in [2.05, 4.69) is 0 Å². The van der Waals surface area contributed by atoms with Crippen LogP contribution in [0.15, 0.2) is 24.3 Å². The third-order valence-corrected chi connectivity index (χ3v) is 5.22. The van der Waals surface area contributed by atoms with Crippen LogP contribution in [0.1, 0.15) is 38.7 Å². The fraction of sp³-hybridized carbons (Fsp3) is 0.700. The SMILES string of the molecule is CCCCOc1ccccc1C(C)(CC(F)(F)C(F)(F)C(F)(F)C(F)(F)C(F)(F)C(F)(F)F)OC. The Hall–Kier alpha value is -1.93. The van der Waals surface area contributed by atoms with Gasteiger partial charge in [-0.3, -0.25) is 0 Å². The fourth-order valence-corrected chi connectivity index (χ4v) is 2.97. The predicted molar refractivity (Wildman–Crippen MR) is 96.6 cm³/mol. The van der Waals surface area contributed by atoms with Gasteiger partial charge in [0.15, 0.2) is 0 Å². The van der Waals surface area contributed by atoms with Crippen molar-refractivity contribution in [2.75, 3.05) is 13.7 Å². The molecular weight excluding hydrogens is 519 g/mol. The Morgan fingerprint density at radius 3 is 1.66 bits per heavy atom. The van der Waals surface area contributed by atoms with Gasteiger partial charge in [0.25, 0.3) is 0 Å². The second kappa shape index (κ2) is 9.85. The number of para-hydroxylation sites is 1. The van der Waals surface area contributed by atoms with Crippen LogP contribution in [0.25, 0.3) is 0 Å². The molecule has 0 heterocycles. The molecule has 0 radical (unpaired) electrons. The third kappa shape index (κ3) is 5.29. The summed E-state index contributed by atoms with van der Waals surface area (Å²) in [6.07, 6.45) is -8.93. The molecule has 0 aromatic heterocycles. The lowest BCUT2D eigenvalue weighted by Crippen LogP contribution is -2.70. The Morgan fingerprint density at radius 1 is 0.714 bits per heavy atom. The average Bonchev–Trinajstić information content (AvgIpc) is 2.72. The van der Waals surface area contributed by atoms with Crippen LogP contribution < -0.4 is 4.74 Å². The molecule has 0 aliphatic heterocycles. The minimum Gasteiger partial charge on any atom is -0.493 e. The van der Waals surface area contributed by atoms with E-state index in [1.807, 2.05) is 0 Å². The molecule has 0 amide bonds. The molecule has 0 saturated heterocycles. The maximum Gasteiger partial charge on any atom is 0.460 e. The largest absolute Gasteiger partial charge is 0.493 e. The van der Waals surface area contributed by atoms with Gasteiger partial charge in [-0.1, -0.05) is 31.5 Å². The molecule has 0 fully saturated rings. The van der Waals surface area contributed by atoms with Crippen molar-refractivity contribution in [2.24, 2.45) is 0 Å². The quantitative estimate of drug-likeness (QED) is 0.199. The number of halogens is 13. The van der Waals surface area contributed by atoms with Crippen LogP contribution in [0, 0.1) is 0 Å². The van der Waals surface area contributed by atoms with E-state index < -0.39 is 53.4 Å². The highest BCUT2D eigenvalue weighted by atomic mass is 19.4. The number of unbranched alkanes of at least 4 members (excludes halogenated alkanes) is 1. The maximum absolute atomic E-state index is 14.5. The van der Waals surface area contributed by atoms with Crippen LogP contribution in [0.5, 0.6) is 5.75 Å². The Balaban J connectivity index is 3.52. The van der Waals surface area contributed by atoms with E-state index in [0.717, 1.165) is 6.07 Å². The zero-order valence-electron chi connectivity index (χ0n) is 18.4. The van der Waals surface area contributed by atoms with Crippen LogP contribution >= 0.6 is 0 Å². The van der Waals surface area contributed by atoms with E-state index in [4.69, 9.17) is 9.47 Å². The second-order valence-corrected chi connectivity index (χ2v) is 7.81. The van der Waals surface area contributed by atoms with Crippen molar-refractivity contribution < 1.29 is 66.5 Å². The zero-order chi connectivity index (χ0) is 27.7. The third-order valence-electron chi connectivity index (χ3n) is 5.22. The summed E-state index contributed by atoms with van der Waals surface area (Å²) in [6.45, 7) is 2.42. The number of alkyl halides is 13. The highest BCUT2D eigenvalue weighted by molar-refractivity contribution is 5.38. The van der Waals surface area contributed by atoms with E-state index in [1.165, 1.54) is 18.2 Å². The van der Waals surface area contributed by atoms with Crippen LogP contribution in [0.2, 0.25) is 0 Å². The molecule has 0 aliphatic rings. The van der Waals surface area contributed by atoms with Crippen molar-refractivity contribution in [1.29, 1.82) is 0 Å². The smallest absolute Gasteiger partial charge is 0.460 e. The Labute approximate surface area is 191 Å². The first-order chi connectivity index (χ1) is 15.6. The first-order valence-corrected chi connectivity index (χ1v) is 9.80. The minimum absolute atomic E-state index is 0.00329. The highest BCUT2D eigenvalue weighted by Crippen LogP contribution is 2.61. The van der Waals surface area contributed by atoms with Crippen molar-refractivity contribution in [1.82, 2.24) is 0 Å². The maximum atomic E-state index is 14.5. The lowest BCUT2D eigenvalue weighted by atomic mass is 9.83. The molecule has 1 unspecified atom stereocenters. The summed E-state index contributed by atoms with van der Waals surface area (Å²) < 4.78 is 185. The fourth-order valence-electron chi connectivity index (χ4n) is 2.97. The molecule has 0 aliphatic carbocycles. The van der Waals surface area contributed by atoms with Gasteiger partial charge in [-0.15, -0.1) is 0 Å². The normalized spacial score (nSPS) is 16.2. The molecule has 1 aromatic rings. The van der Waals surface area contributed by atoms with E-state index in [9.17, 15) is 57.1 Å². The summed E-state index contributed by atoms with van der Waals surface area (Å²) in [5, 5.41) is 0. The van der Waals surface area contributed by atoms with Crippen LogP contribution in [-0.2, 0) is 10.3 Å². The number of hydrogen-bond acceptors (Lipinski definition) is 2. The molecule has 0 bridgehead atoms. The number of methoxy groups -OCH3 is 1. The monoisotopic (exact) mass is 540 g/mol. The molecule has 0 spiro atoms. The zero-order valence-corrected chi connectivity index (χ0v) is 18.4. The highest BCUT2D eigenvalue weighted by Gasteiger charge is 2.90. The summed E-state index contributed by atoms with van der Waals surface area (Å²) in [6, 6.07) is 4.68. The molecule has 0 saturated carbocycles. The molecule has 1 atom stereocenters. The van der Waals surface area contributed by atoms with Gasteiger partial charge >= 0.3 is 35.8 Å². The average molecular weight is 540 g/mol. The molecule has 15 heteroatoms. The molecule has 1 aromatic carbocycles. The number of benzene rings is 1. The second-order valence-electron chi connectivity index (χ2n) is 7.81. The van der Waals surface area contributed by atoms with Gasteiger partial charge in [-0.05, 0) is 19.4 Å². The van der Waals surface area contributed by atoms with Gasteiger partial charge in [0.2, 0.25) is 0 Å². The molecule has 204 valence electrons. The van der Waals surface area contributed by atoms with Crippen molar-refractivity contribution >= 4 is 0 Å². The Morgan fingerprint density at radius 2 is 1.20 bits per heavy atom. The van der Waals surface area contributed by atoms with Gasteiger partial charge < -0.3 is 9.47 Å². The van der Waals surface area contributed by atoms with Crippen molar-refractivity contribution in [2.45, 2.75) is 74.5 Å². The Kier molecular flexibility index (Phi) is 8.75. The standard InChI is InChI=1S/C20H21F13O2/c1-4-5-10-35-13-9-7-6-8-12(13)14(2,34-3)11-15(21,22)16(23,24)17(25,26)18(27,28)19(29,30)20(31,32)33/h6-9H,4-5,10-11H2,1-3H3. The topological polar surface area (TPSA) is 18.5 Å². The van der Waals surface area contributed by atoms with Crippen LogP contribution in [-0.4, -0.2) is 49.5 Å². The minimum atomic E-state index is -7.95. The van der Waals surface area contributed by atoms with Gasteiger partial charge in [-0.2, -0.15) is 57.1 Å². The molecule has 1 rings (SSSR count). The van der Waals surface area contributed by atoms with Crippen molar-refractivity contribution in [3.8, 4) is 5.75 Å². The molecule has 2 nitrogen and oxygen atoms in total. The summed E-state index contributed by atoms with van der Waals surface area (Å²) in [7, 11) is 0.668. The molecule has 35 heavy (non-hydrogen) atoms. The van der Waals surface area contributed by atoms with E-state index >= 15 is 0 Å². The van der Waals surface area contributed by atoms with Gasteiger partial charge in [-0.25, -0.2) is 0 Å². The van der Waals surface area contributed by atoms with E-state index in [1.54, 1.807) is 6.92 Å². The van der Waals surface area contributed by atoms with Crippen LogP contribution in [0.4, 0.5) is 57.1 Å². The molecular formula is C20H21F13O2. The molecule has 0 N–H and O–H groups in total. The number of hydrogen-bond donors (Lipinski definition) is 0. The van der Waals surface area contributed by atoms with E-state index in [-0.39, 0.29) is 12.4 Å². The predicted octanol–water partition coefficient (Wildman–Crippen LogP) is 7.86. The van der Waals surface area contributed by atoms with Crippen LogP contribution in [0.3, 0.4) is 0 Å². The first kappa shape index (κ1) is 31.1. The van der Waals surface area contributed by atoms with E-state index in [0.29, 0.717) is 26.9 Å². The lowest BCUT2D eigenvalue weighted by molar-refractivity contribution is -0.441. The Bertz CT molecular complexity index is 852. The van der Waals surface area contributed by atoms with Gasteiger partial charge in [0.05, 0.1) is 18.6 Å². The van der Waals surface area contributed by atoms with Gasteiger partial charge in [0, 0.05) is 12.7 Å². The van der Waals surface area contributed by atoms with Gasteiger partial charge in [0.1, 0.15) is 5.75 Å². The number of ether oxygens (including phenoxy) is 2.